The number of carboxylic acid groups (broad SMARTS) is 1. The Labute approximate surface area is 193 Å². The highest BCUT2D eigenvalue weighted by atomic mass is 28.4. The van der Waals surface area contributed by atoms with Gasteiger partial charge in [0, 0.05) is 5.57 Å². The minimum absolute atomic E-state index is 0.151. The molecule has 0 radical (unpaired) electrons. The normalized spacial score (nSPS) is 16.4. The quantitative estimate of drug-likeness (QED) is 0.180. The molecule has 0 spiro atoms. The molecule has 0 bridgehead atoms. The average Bonchev–Trinajstić information content (AvgIpc) is 2.44. The van der Waals surface area contributed by atoms with Crippen molar-refractivity contribution in [1.82, 2.24) is 5.32 Å². The molecule has 0 aliphatic rings. The van der Waals surface area contributed by atoms with Gasteiger partial charge in [0.25, 0.3) is 0 Å². The lowest BCUT2D eigenvalue weighted by Gasteiger charge is -2.55. The van der Waals surface area contributed by atoms with Crippen LogP contribution in [0.2, 0.25) is 58.9 Å². The number of nitrogens with one attached hydrogen (secondary N) is 1. The SMILES string of the molecule is C=C(C)C(=O)OC(CNC(=O)O)C([SiH3])(O[Si](C)(C)C)C(C)(O[Si](C)(C)C)O[Si](C)(C)C. The molecular weight excluding hydrogens is 467 g/mol. The fourth-order valence-electron chi connectivity index (χ4n) is 3.24. The molecule has 0 aromatic heterocycles. The maximum Gasteiger partial charge on any atom is 0.404 e. The van der Waals surface area contributed by atoms with Crippen LogP contribution >= 0.6 is 0 Å². The Balaban J connectivity index is 6.79. The third-order valence-corrected chi connectivity index (χ3v) is 9.28. The van der Waals surface area contributed by atoms with Crippen molar-refractivity contribution >= 4 is 47.3 Å². The van der Waals surface area contributed by atoms with Crippen molar-refractivity contribution in [3.8, 4) is 0 Å². The third-order valence-electron chi connectivity index (χ3n) is 4.07. The second kappa shape index (κ2) is 10.4. The molecule has 0 heterocycles. The number of carbonyl (C=O) groups is 2. The molecular formula is C19H43NO7Si4. The van der Waals surface area contributed by atoms with Crippen LogP contribution in [0.4, 0.5) is 4.79 Å². The topological polar surface area (TPSA) is 103 Å². The van der Waals surface area contributed by atoms with E-state index in [1.54, 1.807) is 6.92 Å². The summed E-state index contributed by atoms with van der Waals surface area (Å²) >= 11 is 0. The number of ether oxygens (including phenoxy) is 1. The first-order valence-electron chi connectivity index (χ1n) is 10.5. The second-order valence-electron chi connectivity index (χ2n) is 11.1. The average molecular weight is 510 g/mol. The molecule has 2 atom stereocenters. The molecule has 1 amide bonds. The van der Waals surface area contributed by atoms with Crippen molar-refractivity contribution in [3.63, 3.8) is 0 Å². The van der Waals surface area contributed by atoms with Crippen LogP contribution in [0.5, 0.6) is 0 Å². The molecule has 12 heteroatoms. The van der Waals surface area contributed by atoms with Gasteiger partial charge in [0.2, 0.25) is 0 Å². The monoisotopic (exact) mass is 509 g/mol. The van der Waals surface area contributed by atoms with Gasteiger partial charge in [-0.1, -0.05) is 6.58 Å². The smallest absolute Gasteiger partial charge is 0.404 e. The molecule has 2 unspecified atom stereocenters. The molecule has 8 nitrogen and oxygen atoms in total. The molecule has 31 heavy (non-hydrogen) atoms. The Morgan fingerprint density at radius 1 is 0.968 bits per heavy atom. The summed E-state index contributed by atoms with van der Waals surface area (Å²) in [6.07, 6.45) is -2.17. The first kappa shape index (κ1) is 30.2. The highest BCUT2D eigenvalue weighted by molar-refractivity contribution is 6.71. The van der Waals surface area contributed by atoms with Crippen LogP contribution in [0.3, 0.4) is 0 Å². The lowest BCUT2D eigenvalue weighted by molar-refractivity contribution is -0.231. The van der Waals surface area contributed by atoms with Gasteiger partial charge in [-0.05, 0) is 72.8 Å². The molecule has 0 saturated heterocycles. The summed E-state index contributed by atoms with van der Waals surface area (Å²) in [7, 11) is -6.22. The molecule has 0 fully saturated rings. The Morgan fingerprint density at radius 2 is 1.35 bits per heavy atom. The Hall–Kier alpha value is -0.772. The number of rotatable bonds is 12. The van der Waals surface area contributed by atoms with Gasteiger partial charge in [0.1, 0.15) is 11.3 Å². The molecule has 182 valence electrons. The lowest BCUT2D eigenvalue weighted by Crippen LogP contribution is -2.72. The first-order chi connectivity index (χ1) is 13.5. The minimum Gasteiger partial charge on any atom is -0.465 e. The van der Waals surface area contributed by atoms with Gasteiger partial charge in [0.05, 0.1) is 16.8 Å². The first-order valence-corrected chi connectivity index (χ1v) is 21.7. The van der Waals surface area contributed by atoms with Gasteiger partial charge >= 0.3 is 12.1 Å². The summed E-state index contributed by atoms with van der Waals surface area (Å²) in [6.45, 7) is 25.3. The van der Waals surface area contributed by atoms with E-state index in [-0.39, 0.29) is 12.1 Å². The van der Waals surface area contributed by atoms with Crippen LogP contribution in [0.1, 0.15) is 13.8 Å². The van der Waals surface area contributed by atoms with Crippen LogP contribution < -0.4 is 5.32 Å². The summed E-state index contributed by atoms with van der Waals surface area (Å²) < 4.78 is 25.8. The van der Waals surface area contributed by atoms with E-state index in [4.69, 9.17) is 18.0 Å². The van der Waals surface area contributed by atoms with E-state index in [2.05, 4.69) is 51.2 Å². The number of carbonyl (C=O) groups excluding carboxylic acids is 1. The van der Waals surface area contributed by atoms with Crippen molar-refractivity contribution in [2.24, 2.45) is 0 Å². The largest absolute Gasteiger partial charge is 0.465 e. The van der Waals surface area contributed by atoms with Gasteiger partial charge in [-0.25, -0.2) is 9.59 Å². The van der Waals surface area contributed by atoms with E-state index in [1.807, 2.05) is 26.6 Å². The Morgan fingerprint density at radius 3 is 1.65 bits per heavy atom. The molecule has 0 aromatic rings. The fraction of sp³-hybridized carbons (Fsp3) is 0.789. The van der Waals surface area contributed by atoms with Crippen LogP contribution in [0.25, 0.3) is 0 Å². The summed E-state index contributed by atoms with van der Waals surface area (Å²) in [5.74, 6) is -1.84. The van der Waals surface area contributed by atoms with E-state index in [0.717, 1.165) is 0 Å². The molecule has 0 saturated carbocycles. The van der Waals surface area contributed by atoms with E-state index in [9.17, 15) is 14.7 Å². The van der Waals surface area contributed by atoms with E-state index in [1.165, 1.54) is 0 Å². The van der Waals surface area contributed by atoms with E-state index in [0.29, 0.717) is 10.2 Å². The van der Waals surface area contributed by atoms with Crippen molar-refractivity contribution in [2.45, 2.75) is 89.9 Å². The van der Waals surface area contributed by atoms with Crippen LogP contribution in [-0.4, -0.2) is 76.0 Å². The highest BCUT2D eigenvalue weighted by Gasteiger charge is 2.58. The number of hydrogen-bond donors (Lipinski definition) is 2. The van der Waals surface area contributed by atoms with Gasteiger partial charge in [-0.3, -0.25) is 0 Å². The van der Waals surface area contributed by atoms with E-state index >= 15 is 0 Å². The molecule has 0 aliphatic heterocycles. The summed E-state index contributed by atoms with van der Waals surface area (Å²) in [5, 5.41) is 10.4. The van der Waals surface area contributed by atoms with Crippen molar-refractivity contribution < 1.29 is 32.7 Å². The van der Waals surface area contributed by atoms with Crippen molar-refractivity contribution in [2.75, 3.05) is 6.54 Å². The maximum absolute atomic E-state index is 12.5. The predicted molar refractivity (Wildman–Crippen MR) is 135 cm³/mol. The molecule has 0 aromatic carbocycles. The zero-order valence-corrected chi connectivity index (χ0v) is 26.4. The molecule has 0 aliphatic carbocycles. The van der Waals surface area contributed by atoms with Crippen LogP contribution in [-0.2, 0) is 22.8 Å². The van der Waals surface area contributed by atoms with Crippen LogP contribution in [0.15, 0.2) is 12.2 Å². The maximum atomic E-state index is 12.5. The summed E-state index contributed by atoms with van der Waals surface area (Å²) in [5.41, 5.74) is 0.219. The number of hydrogen-bond acceptors (Lipinski definition) is 6. The molecule has 2 N–H and O–H groups in total. The Kier molecular flexibility index (Phi) is 10.2. The number of esters is 1. The van der Waals surface area contributed by atoms with Crippen molar-refractivity contribution in [3.05, 3.63) is 12.2 Å². The summed E-state index contributed by atoms with van der Waals surface area (Å²) in [4.78, 5) is 23.8. The minimum atomic E-state index is -2.23. The van der Waals surface area contributed by atoms with Gasteiger partial charge in [0.15, 0.2) is 30.7 Å². The van der Waals surface area contributed by atoms with Crippen LogP contribution in [0, 0.1) is 0 Å². The predicted octanol–water partition coefficient (Wildman–Crippen LogP) is 3.07. The van der Waals surface area contributed by atoms with Crippen molar-refractivity contribution in [1.29, 1.82) is 0 Å². The zero-order chi connectivity index (χ0) is 25.1. The van der Waals surface area contributed by atoms with Gasteiger partial charge in [-0.15, -0.1) is 0 Å². The summed E-state index contributed by atoms with van der Waals surface area (Å²) in [6, 6.07) is 0. The Bertz CT molecular complexity index is 652. The number of amides is 1. The standard InChI is InChI=1S/C19H43NO7Si4/c1-14(2)16(21)24-15(13-20-17(22)23)19(28,27-31(10,11)12)18(3,25-29(4,5)6)26-30(7,8)9/h15,20H,1,13H2,2-12,28H3,(H,22,23). The fourth-order valence-corrected chi connectivity index (χ4v) is 10.5. The highest BCUT2D eigenvalue weighted by Crippen LogP contribution is 2.40. The van der Waals surface area contributed by atoms with E-state index < -0.39 is 54.1 Å². The van der Waals surface area contributed by atoms with Gasteiger partial charge < -0.3 is 28.4 Å². The third kappa shape index (κ3) is 10.6. The zero-order valence-electron chi connectivity index (χ0n) is 21.4. The second-order valence-corrected chi connectivity index (χ2v) is 25.8. The molecule has 0 rings (SSSR count). The lowest BCUT2D eigenvalue weighted by atomic mass is 10.0. The van der Waals surface area contributed by atoms with Gasteiger partial charge in [-0.2, -0.15) is 0 Å².